The summed E-state index contributed by atoms with van der Waals surface area (Å²) in [6, 6.07) is 15.5. The van der Waals surface area contributed by atoms with Gasteiger partial charge in [0.2, 0.25) is 0 Å². The Morgan fingerprint density at radius 3 is 2.30 bits per heavy atom. The van der Waals surface area contributed by atoms with Crippen molar-refractivity contribution in [1.29, 1.82) is 0 Å². The molecule has 0 aliphatic carbocycles. The molecule has 0 aliphatic heterocycles. The summed E-state index contributed by atoms with van der Waals surface area (Å²) in [4.78, 5) is 24.0. The predicted molar refractivity (Wildman–Crippen MR) is 90.8 cm³/mol. The molecule has 0 spiro atoms. The summed E-state index contributed by atoms with van der Waals surface area (Å²) in [7, 11) is 1.34. The zero-order chi connectivity index (χ0) is 16.7. The van der Waals surface area contributed by atoms with E-state index in [1.165, 1.54) is 7.11 Å². The molecule has 0 aromatic heterocycles. The summed E-state index contributed by atoms with van der Waals surface area (Å²) in [5.41, 5.74) is 1.87. The van der Waals surface area contributed by atoms with E-state index in [0.29, 0.717) is 17.5 Å². The molecule has 1 N–H and O–H groups in total. The van der Waals surface area contributed by atoms with Gasteiger partial charge in [-0.1, -0.05) is 36.4 Å². The van der Waals surface area contributed by atoms with Crippen LogP contribution < -0.4 is 5.32 Å². The Balaban J connectivity index is 2.14. The van der Waals surface area contributed by atoms with Crippen LogP contribution in [0.2, 0.25) is 0 Å². The molecule has 0 amide bonds. The van der Waals surface area contributed by atoms with Gasteiger partial charge in [0.25, 0.3) is 0 Å². The lowest BCUT2D eigenvalue weighted by Crippen LogP contribution is -2.29. The van der Waals surface area contributed by atoms with Crippen LogP contribution in [0.4, 0.5) is 5.69 Å². The highest BCUT2D eigenvalue weighted by atomic mass is 16.5. The molecular formula is C19H19NO3. The third-order valence-corrected chi connectivity index (χ3v) is 3.42. The fourth-order valence-electron chi connectivity index (χ4n) is 2.22. The number of nitrogens with one attached hydrogen (secondary N) is 1. The van der Waals surface area contributed by atoms with Gasteiger partial charge in [-0.15, -0.1) is 6.58 Å². The number of methoxy groups -OCH3 is 1. The molecule has 0 bridgehead atoms. The molecule has 0 heterocycles. The highest BCUT2D eigenvalue weighted by Gasteiger charge is 2.18. The number of rotatable bonds is 7. The molecule has 0 aliphatic rings. The summed E-state index contributed by atoms with van der Waals surface area (Å²) in [5.74, 6) is -0.387. The van der Waals surface area contributed by atoms with Gasteiger partial charge in [-0.2, -0.15) is 0 Å². The second-order valence-corrected chi connectivity index (χ2v) is 5.02. The Kier molecular flexibility index (Phi) is 5.69. The SMILES string of the molecule is C=CCC(Nc1ccc(C(=O)OC)cc1)C(=O)c1ccccc1. The van der Waals surface area contributed by atoms with E-state index in [2.05, 4.69) is 16.6 Å². The van der Waals surface area contributed by atoms with E-state index in [4.69, 9.17) is 0 Å². The topological polar surface area (TPSA) is 55.4 Å². The van der Waals surface area contributed by atoms with Crippen LogP contribution in [-0.4, -0.2) is 24.9 Å². The number of ether oxygens (including phenoxy) is 1. The first-order valence-electron chi connectivity index (χ1n) is 7.30. The van der Waals surface area contributed by atoms with E-state index in [1.807, 2.05) is 18.2 Å². The normalized spacial score (nSPS) is 11.3. The van der Waals surface area contributed by atoms with Crippen LogP contribution in [0.15, 0.2) is 67.3 Å². The lowest BCUT2D eigenvalue weighted by Gasteiger charge is -2.17. The number of Topliss-reactive ketones (excluding diaryl/α,β-unsaturated/α-hetero) is 1. The minimum absolute atomic E-state index is 0.00236. The van der Waals surface area contributed by atoms with Gasteiger partial charge >= 0.3 is 5.97 Å². The molecule has 1 atom stereocenters. The van der Waals surface area contributed by atoms with Crippen LogP contribution in [0, 0.1) is 0 Å². The third-order valence-electron chi connectivity index (χ3n) is 3.42. The summed E-state index contributed by atoms with van der Waals surface area (Å²) >= 11 is 0. The zero-order valence-corrected chi connectivity index (χ0v) is 13.0. The molecule has 0 saturated carbocycles. The van der Waals surface area contributed by atoms with Gasteiger partial charge in [0.1, 0.15) is 0 Å². The molecule has 1 unspecified atom stereocenters. The summed E-state index contributed by atoms with van der Waals surface area (Å²) in [5, 5.41) is 3.19. The fraction of sp³-hybridized carbons (Fsp3) is 0.158. The Morgan fingerprint density at radius 2 is 1.74 bits per heavy atom. The Hall–Kier alpha value is -2.88. The fourth-order valence-corrected chi connectivity index (χ4v) is 2.22. The van der Waals surface area contributed by atoms with Crippen molar-refractivity contribution in [1.82, 2.24) is 0 Å². The number of carbonyl (C=O) groups excluding carboxylic acids is 2. The Labute approximate surface area is 135 Å². The Bertz CT molecular complexity index is 678. The van der Waals surface area contributed by atoms with Crippen molar-refractivity contribution in [3.05, 3.63) is 78.4 Å². The highest BCUT2D eigenvalue weighted by Crippen LogP contribution is 2.15. The van der Waals surface area contributed by atoms with Gasteiger partial charge in [0.15, 0.2) is 5.78 Å². The predicted octanol–water partition coefficient (Wildman–Crippen LogP) is 3.71. The molecule has 2 aromatic rings. The lowest BCUT2D eigenvalue weighted by atomic mass is 10.0. The van der Waals surface area contributed by atoms with E-state index >= 15 is 0 Å². The standard InChI is InChI=1S/C19H19NO3/c1-3-7-17(18(21)14-8-5-4-6-9-14)20-16-12-10-15(11-13-16)19(22)23-2/h3-6,8-13,17,20H,1,7H2,2H3. The van der Waals surface area contributed by atoms with E-state index in [9.17, 15) is 9.59 Å². The first-order valence-corrected chi connectivity index (χ1v) is 7.30. The molecule has 2 aromatic carbocycles. The van der Waals surface area contributed by atoms with Crippen molar-refractivity contribution in [3.63, 3.8) is 0 Å². The number of hydrogen-bond donors (Lipinski definition) is 1. The summed E-state index contributed by atoms with van der Waals surface area (Å²) in [6.07, 6.45) is 2.22. The van der Waals surface area contributed by atoms with Gasteiger partial charge in [0, 0.05) is 11.3 Å². The molecule has 0 saturated heterocycles. The minimum atomic E-state index is -0.404. The maximum absolute atomic E-state index is 12.6. The maximum Gasteiger partial charge on any atom is 0.337 e. The number of carbonyl (C=O) groups is 2. The molecule has 23 heavy (non-hydrogen) atoms. The quantitative estimate of drug-likeness (QED) is 0.481. The van der Waals surface area contributed by atoms with Crippen LogP contribution in [0.5, 0.6) is 0 Å². The number of anilines is 1. The highest BCUT2D eigenvalue weighted by molar-refractivity contribution is 6.01. The van der Waals surface area contributed by atoms with Crippen LogP contribution >= 0.6 is 0 Å². The van der Waals surface area contributed by atoms with Gasteiger partial charge in [0.05, 0.1) is 18.7 Å². The molecule has 0 radical (unpaired) electrons. The van der Waals surface area contributed by atoms with Gasteiger partial charge < -0.3 is 10.1 Å². The van der Waals surface area contributed by atoms with Gasteiger partial charge in [-0.05, 0) is 30.7 Å². The largest absolute Gasteiger partial charge is 0.465 e. The van der Waals surface area contributed by atoms with Crippen LogP contribution in [0.1, 0.15) is 27.1 Å². The zero-order valence-electron chi connectivity index (χ0n) is 13.0. The number of esters is 1. The van der Waals surface area contributed by atoms with Gasteiger partial charge in [-0.3, -0.25) is 4.79 Å². The van der Waals surface area contributed by atoms with E-state index in [1.54, 1.807) is 42.5 Å². The number of ketones is 1. The van der Waals surface area contributed by atoms with Crippen molar-refractivity contribution in [3.8, 4) is 0 Å². The second kappa shape index (κ2) is 7.94. The Morgan fingerprint density at radius 1 is 1.09 bits per heavy atom. The molecular weight excluding hydrogens is 290 g/mol. The second-order valence-electron chi connectivity index (χ2n) is 5.02. The van der Waals surface area contributed by atoms with Crippen molar-refractivity contribution >= 4 is 17.4 Å². The van der Waals surface area contributed by atoms with Crippen molar-refractivity contribution in [2.24, 2.45) is 0 Å². The molecule has 0 fully saturated rings. The average Bonchev–Trinajstić information content (AvgIpc) is 2.61. The van der Waals surface area contributed by atoms with Gasteiger partial charge in [-0.25, -0.2) is 4.79 Å². The van der Waals surface area contributed by atoms with E-state index in [-0.39, 0.29) is 11.8 Å². The van der Waals surface area contributed by atoms with Crippen molar-refractivity contribution < 1.29 is 14.3 Å². The summed E-state index contributed by atoms with van der Waals surface area (Å²) < 4.78 is 4.67. The van der Waals surface area contributed by atoms with Crippen molar-refractivity contribution in [2.75, 3.05) is 12.4 Å². The maximum atomic E-state index is 12.6. The first-order chi connectivity index (χ1) is 11.2. The van der Waals surface area contributed by atoms with E-state index < -0.39 is 6.04 Å². The van der Waals surface area contributed by atoms with Crippen LogP contribution in [0.25, 0.3) is 0 Å². The lowest BCUT2D eigenvalue weighted by molar-refractivity contribution is 0.0600. The average molecular weight is 309 g/mol. The molecule has 118 valence electrons. The minimum Gasteiger partial charge on any atom is -0.465 e. The van der Waals surface area contributed by atoms with Crippen molar-refractivity contribution in [2.45, 2.75) is 12.5 Å². The molecule has 2 rings (SSSR count). The van der Waals surface area contributed by atoms with Crippen LogP contribution in [0.3, 0.4) is 0 Å². The smallest absolute Gasteiger partial charge is 0.337 e. The van der Waals surface area contributed by atoms with Crippen LogP contribution in [-0.2, 0) is 4.74 Å². The number of hydrogen-bond acceptors (Lipinski definition) is 4. The first kappa shape index (κ1) is 16.5. The van der Waals surface area contributed by atoms with E-state index in [0.717, 1.165) is 5.69 Å². The third kappa shape index (κ3) is 4.30. The number of benzene rings is 2. The molecule has 4 nitrogen and oxygen atoms in total. The monoisotopic (exact) mass is 309 g/mol. The summed E-state index contributed by atoms with van der Waals surface area (Å²) in [6.45, 7) is 3.71. The molecule has 4 heteroatoms.